The lowest BCUT2D eigenvalue weighted by molar-refractivity contribution is 0.705. The molecule has 1 aliphatic rings. The van der Waals surface area contributed by atoms with Gasteiger partial charge in [0.25, 0.3) is 0 Å². The van der Waals surface area contributed by atoms with Gasteiger partial charge in [0, 0.05) is 22.8 Å². The van der Waals surface area contributed by atoms with Gasteiger partial charge in [0.1, 0.15) is 0 Å². The fourth-order valence-corrected chi connectivity index (χ4v) is 2.12. The van der Waals surface area contributed by atoms with Crippen molar-refractivity contribution in [3.05, 3.63) is 35.8 Å². The number of nitrogens with zero attached hydrogens (tertiary/aromatic N) is 1. The summed E-state index contributed by atoms with van der Waals surface area (Å²) < 4.78 is 0. The molecule has 0 spiro atoms. The topological polar surface area (TPSA) is 28.7 Å². The lowest BCUT2D eigenvalue weighted by Crippen LogP contribution is -2.01. The lowest BCUT2D eigenvalue weighted by atomic mass is 9.95. The predicted octanol–water partition coefficient (Wildman–Crippen LogP) is 2.77. The van der Waals surface area contributed by atoms with E-state index in [0.29, 0.717) is 5.92 Å². The van der Waals surface area contributed by atoms with Crippen LogP contribution in [0.1, 0.15) is 18.2 Å². The van der Waals surface area contributed by atoms with Gasteiger partial charge in [-0.3, -0.25) is 4.98 Å². The number of pyridine rings is 1. The molecule has 3 rings (SSSR count). The Kier molecular flexibility index (Phi) is 1.51. The predicted molar refractivity (Wildman–Crippen MR) is 58.0 cm³/mol. The highest BCUT2D eigenvalue weighted by Gasteiger charge is 2.14. The summed E-state index contributed by atoms with van der Waals surface area (Å²) >= 11 is 0. The second kappa shape index (κ2) is 2.71. The van der Waals surface area contributed by atoms with Crippen molar-refractivity contribution >= 4 is 17.0 Å². The molecule has 1 atom stereocenters. The molecule has 0 saturated carbocycles. The zero-order chi connectivity index (χ0) is 9.54. The fraction of sp³-hybridized carbons (Fsp3) is 0.250. The summed E-state index contributed by atoms with van der Waals surface area (Å²) in [5.41, 5.74) is 3.85. The first-order chi connectivity index (χ1) is 6.84. The second-order valence-electron chi connectivity index (χ2n) is 3.98. The smallest absolute Gasteiger partial charge is 0.0648 e. The highest BCUT2D eigenvalue weighted by Crippen LogP contribution is 2.28. The molecule has 2 aromatic rings. The molecule has 0 amide bonds. The van der Waals surface area contributed by atoms with Gasteiger partial charge in [0.15, 0.2) is 0 Å². The molecule has 1 unspecified atom stereocenters. The molecular formula is C12H12N2. The average molecular weight is 184 g/mol. The van der Waals surface area contributed by atoms with Crippen LogP contribution in [0.5, 0.6) is 0 Å². The molecule has 70 valence electrons. The van der Waals surface area contributed by atoms with Crippen molar-refractivity contribution < 1.29 is 0 Å². The molecule has 0 radical (unpaired) electrons. The molecule has 1 aliphatic carbocycles. The first-order valence-corrected chi connectivity index (χ1v) is 4.97. The highest BCUT2D eigenvalue weighted by molar-refractivity contribution is 5.90. The Labute approximate surface area is 82.7 Å². The van der Waals surface area contributed by atoms with Gasteiger partial charge in [-0.1, -0.05) is 19.1 Å². The fourth-order valence-electron chi connectivity index (χ4n) is 2.12. The summed E-state index contributed by atoms with van der Waals surface area (Å²) in [6, 6.07) is 2.07. The third-order valence-electron chi connectivity index (χ3n) is 2.84. The first-order valence-electron chi connectivity index (χ1n) is 4.97. The highest BCUT2D eigenvalue weighted by atomic mass is 14.8. The maximum absolute atomic E-state index is 4.12. The number of rotatable bonds is 0. The van der Waals surface area contributed by atoms with E-state index in [-0.39, 0.29) is 0 Å². The number of aromatic nitrogens is 2. The summed E-state index contributed by atoms with van der Waals surface area (Å²) in [5, 5.41) is 1.29. The van der Waals surface area contributed by atoms with Crippen LogP contribution in [0.15, 0.2) is 24.5 Å². The zero-order valence-electron chi connectivity index (χ0n) is 8.12. The molecule has 14 heavy (non-hydrogen) atoms. The van der Waals surface area contributed by atoms with E-state index in [1.807, 2.05) is 12.4 Å². The normalized spacial score (nSPS) is 19.9. The first kappa shape index (κ1) is 7.80. The van der Waals surface area contributed by atoms with Gasteiger partial charge in [0.05, 0.1) is 11.7 Å². The van der Waals surface area contributed by atoms with Crippen molar-refractivity contribution in [2.24, 2.45) is 5.92 Å². The van der Waals surface area contributed by atoms with E-state index < -0.39 is 0 Å². The van der Waals surface area contributed by atoms with Crippen molar-refractivity contribution in [3.8, 4) is 0 Å². The Morgan fingerprint density at radius 2 is 2.43 bits per heavy atom. The van der Waals surface area contributed by atoms with E-state index in [1.54, 1.807) is 0 Å². The van der Waals surface area contributed by atoms with Crippen LogP contribution in [-0.4, -0.2) is 9.97 Å². The monoisotopic (exact) mass is 184 g/mol. The van der Waals surface area contributed by atoms with E-state index in [9.17, 15) is 0 Å². The third kappa shape index (κ3) is 1.00. The van der Waals surface area contributed by atoms with Crippen LogP contribution < -0.4 is 0 Å². The van der Waals surface area contributed by atoms with Crippen molar-refractivity contribution in [1.82, 2.24) is 9.97 Å². The third-order valence-corrected chi connectivity index (χ3v) is 2.84. The standard InChI is InChI=1S/C12H12N2/c1-8-2-3-9-10-4-5-13-7-12(10)14-11(9)6-8/h2-5,7-8,14H,6H2,1H3. The number of hydrogen-bond acceptors (Lipinski definition) is 1. The van der Waals surface area contributed by atoms with Gasteiger partial charge in [-0.2, -0.15) is 0 Å². The van der Waals surface area contributed by atoms with Gasteiger partial charge in [0.2, 0.25) is 0 Å². The lowest BCUT2D eigenvalue weighted by Gasteiger charge is -2.11. The van der Waals surface area contributed by atoms with Gasteiger partial charge in [-0.15, -0.1) is 0 Å². The minimum Gasteiger partial charge on any atom is -0.357 e. The van der Waals surface area contributed by atoms with Crippen LogP contribution in [0.2, 0.25) is 0 Å². The number of nitrogens with one attached hydrogen (secondary N) is 1. The second-order valence-corrected chi connectivity index (χ2v) is 3.98. The van der Waals surface area contributed by atoms with Crippen LogP contribution in [0.4, 0.5) is 0 Å². The molecule has 0 aliphatic heterocycles. The van der Waals surface area contributed by atoms with Crippen molar-refractivity contribution in [3.63, 3.8) is 0 Å². The van der Waals surface area contributed by atoms with E-state index in [0.717, 1.165) is 11.9 Å². The molecule has 2 aromatic heterocycles. The van der Waals surface area contributed by atoms with Crippen molar-refractivity contribution in [2.75, 3.05) is 0 Å². The van der Waals surface area contributed by atoms with Crippen LogP contribution in [0.3, 0.4) is 0 Å². The molecule has 2 nitrogen and oxygen atoms in total. The molecule has 0 aromatic carbocycles. The van der Waals surface area contributed by atoms with Crippen molar-refractivity contribution in [1.29, 1.82) is 0 Å². The van der Waals surface area contributed by atoms with Crippen molar-refractivity contribution in [2.45, 2.75) is 13.3 Å². The Bertz CT molecular complexity index is 508. The molecule has 1 N–H and O–H groups in total. The minimum absolute atomic E-state index is 0.642. The number of allylic oxidation sites excluding steroid dienone is 1. The molecular weight excluding hydrogens is 172 g/mol. The molecule has 2 heterocycles. The molecule has 0 fully saturated rings. The summed E-state index contributed by atoms with van der Waals surface area (Å²) in [4.78, 5) is 7.55. The maximum Gasteiger partial charge on any atom is 0.0648 e. The zero-order valence-corrected chi connectivity index (χ0v) is 8.12. The Morgan fingerprint density at radius 3 is 3.36 bits per heavy atom. The largest absolute Gasteiger partial charge is 0.357 e. The van der Waals surface area contributed by atoms with Gasteiger partial charge in [-0.25, -0.2) is 0 Å². The minimum atomic E-state index is 0.642. The average Bonchev–Trinajstić information content (AvgIpc) is 2.54. The summed E-state index contributed by atoms with van der Waals surface area (Å²) in [6.45, 7) is 2.24. The van der Waals surface area contributed by atoms with Crippen LogP contribution in [0.25, 0.3) is 17.0 Å². The van der Waals surface area contributed by atoms with Crippen LogP contribution >= 0.6 is 0 Å². The molecule has 0 bridgehead atoms. The Balaban J connectivity index is 2.32. The van der Waals surface area contributed by atoms with Gasteiger partial charge in [-0.05, 0) is 18.4 Å². The summed E-state index contributed by atoms with van der Waals surface area (Å²) in [5.74, 6) is 0.642. The quantitative estimate of drug-likeness (QED) is 0.670. The SMILES string of the molecule is CC1C=Cc2c([nH]c3cnccc23)C1. The van der Waals surface area contributed by atoms with E-state index in [1.165, 1.54) is 16.6 Å². The maximum atomic E-state index is 4.12. The Hall–Kier alpha value is -1.57. The van der Waals surface area contributed by atoms with E-state index in [4.69, 9.17) is 0 Å². The number of fused-ring (bicyclic) bond motifs is 3. The summed E-state index contributed by atoms with van der Waals surface area (Å²) in [7, 11) is 0. The van der Waals surface area contributed by atoms with Crippen LogP contribution in [0, 0.1) is 5.92 Å². The van der Waals surface area contributed by atoms with E-state index in [2.05, 4.69) is 35.1 Å². The summed E-state index contributed by atoms with van der Waals surface area (Å²) in [6.07, 6.45) is 9.35. The van der Waals surface area contributed by atoms with Gasteiger partial charge >= 0.3 is 0 Å². The van der Waals surface area contributed by atoms with Crippen LogP contribution in [-0.2, 0) is 6.42 Å². The number of aromatic amines is 1. The van der Waals surface area contributed by atoms with E-state index >= 15 is 0 Å². The molecule has 0 saturated heterocycles. The Morgan fingerprint density at radius 1 is 1.50 bits per heavy atom. The number of H-pyrrole nitrogens is 1. The van der Waals surface area contributed by atoms with Gasteiger partial charge < -0.3 is 4.98 Å². The molecule has 2 heteroatoms. The number of hydrogen-bond donors (Lipinski definition) is 1.